The molecule has 0 radical (unpaired) electrons. The van der Waals surface area contributed by atoms with Gasteiger partial charge in [0, 0.05) is 20.0 Å². The highest BCUT2D eigenvalue weighted by Crippen LogP contribution is 2.29. The summed E-state index contributed by atoms with van der Waals surface area (Å²) in [4.78, 5) is 15.9. The number of amides is 1. The Labute approximate surface area is 196 Å². The van der Waals surface area contributed by atoms with Gasteiger partial charge in [-0.05, 0) is 42.3 Å². The molecule has 0 saturated heterocycles. The van der Waals surface area contributed by atoms with Crippen LogP contribution in [0.4, 0.5) is 18.9 Å². The summed E-state index contributed by atoms with van der Waals surface area (Å²) in [5, 5.41) is 8.91. The van der Waals surface area contributed by atoms with Gasteiger partial charge < -0.3 is 20.7 Å². The zero-order valence-corrected chi connectivity index (χ0v) is 19.8. The third kappa shape index (κ3) is 8.64. The van der Waals surface area contributed by atoms with Crippen LogP contribution in [0.2, 0.25) is 0 Å². The molecular weight excluding hydrogens is 524 g/mol. The molecule has 0 fully saturated rings. The van der Waals surface area contributed by atoms with Crippen LogP contribution < -0.4 is 20.7 Å². The van der Waals surface area contributed by atoms with Gasteiger partial charge >= 0.3 is 6.18 Å². The molecule has 0 aliphatic heterocycles. The number of benzene rings is 2. The largest absolute Gasteiger partial charge is 0.495 e. The lowest BCUT2D eigenvalue weighted by Gasteiger charge is -2.13. The van der Waals surface area contributed by atoms with Crippen molar-refractivity contribution in [2.75, 3.05) is 19.0 Å². The molecule has 0 aliphatic carbocycles. The van der Waals surface area contributed by atoms with E-state index in [1.165, 1.54) is 26.2 Å². The molecule has 0 atom stereocenters. The molecule has 1 amide bonds. The third-order valence-corrected chi connectivity index (χ3v) is 4.08. The van der Waals surface area contributed by atoms with Gasteiger partial charge in [-0.1, -0.05) is 18.2 Å². The van der Waals surface area contributed by atoms with E-state index in [0.717, 1.165) is 17.7 Å². The van der Waals surface area contributed by atoms with Crippen molar-refractivity contribution in [3.8, 4) is 5.75 Å². The first-order valence-corrected chi connectivity index (χ1v) is 9.35. The predicted molar refractivity (Wildman–Crippen MR) is 126 cm³/mol. The lowest BCUT2D eigenvalue weighted by molar-refractivity contribution is -0.137. The first-order valence-electron chi connectivity index (χ1n) is 9.35. The smallest absolute Gasteiger partial charge is 0.416 e. The molecule has 0 aliphatic rings. The summed E-state index contributed by atoms with van der Waals surface area (Å²) in [6.07, 6.45) is -4.35. The van der Waals surface area contributed by atoms with Crippen molar-refractivity contribution in [3.63, 3.8) is 0 Å². The van der Waals surface area contributed by atoms with E-state index >= 15 is 0 Å². The first-order chi connectivity index (χ1) is 14.2. The molecule has 0 heterocycles. The van der Waals surface area contributed by atoms with Gasteiger partial charge in [-0.2, -0.15) is 13.2 Å². The number of hydrogen-bond acceptors (Lipinski definition) is 3. The van der Waals surface area contributed by atoms with E-state index < -0.39 is 11.7 Å². The van der Waals surface area contributed by atoms with Gasteiger partial charge in [-0.3, -0.25) is 4.79 Å². The Balaban J connectivity index is 0.00000480. The van der Waals surface area contributed by atoms with Crippen molar-refractivity contribution < 1.29 is 22.7 Å². The molecule has 0 aromatic heterocycles. The fourth-order valence-corrected chi connectivity index (χ4v) is 2.65. The van der Waals surface area contributed by atoms with Gasteiger partial charge in [-0.25, -0.2) is 4.99 Å². The average molecular weight is 550 g/mol. The molecule has 0 unspecified atom stereocenters. The molecule has 10 heteroatoms. The number of methoxy groups -OCH3 is 1. The second kappa shape index (κ2) is 12.4. The Kier molecular flexibility index (Phi) is 10.6. The van der Waals surface area contributed by atoms with Gasteiger partial charge in [-0.15, -0.1) is 24.0 Å². The topological polar surface area (TPSA) is 74.8 Å². The van der Waals surface area contributed by atoms with Crippen LogP contribution in [0.5, 0.6) is 5.75 Å². The number of nitrogens with zero attached hydrogens (tertiary/aromatic N) is 1. The van der Waals surface area contributed by atoms with Gasteiger partial charge in [0.1, 0.15) is 5.75 Å². The highest BCUT2D eigenvalue weighted by molar-refractivity contribution is 14.0. The van der Waals surface area contributed by atoms with E-state index in [1.54, 1.807) is 12.1 Å². The number of alkyl halides is 3. The summed E-state index contributed by atoms with van der Waals surface area (Å²) in [7, 11) is 1.52. The van der Waals surface area contributed by atoms with E-state index in [1.807, 2.05) is 13.0 Å². The Morgan fingerprint density at radius 3 is 2.26 bits per heavy atom. The van der Waals surface area contributed by atoms with Gasteiger partial charge in [0.05, 0.1) is 24.9 Å². The summed E-state index contributed by atoms with van der Waals surface area (Å²) >= 11 is 0. The summed E-state index contributed by atoms with van der Waals surface area (Å²) in [5.41, 5.74) is 1.43. The number of carbonyl (C=O) groups is 1. The van der Waals surface area contributed by atoms with E-state index in [2.05, 4.69) is 20.9 Å². The summed E-state index contributed by atoms with van der Waals surface area (Å²) in [6, 6.07) is 10.4. The SMILES string of the molecule is CCNC(=NCc1ccc(OC)c(NC(C)=O)c1)NCc1ccc(C(F)(F)F)cc1.I. The minimum absolute atomic E-state index is 0. The van der Waals surface area contributed by atoms with Crippen LogP contribution in [0.25, 0.3) is 0 Å². The number of aliphatic imine (C=N–C) groups is 1. The fourth-order valence-electron chi connectivity index (χ4n) is 2.65. The Hall–Kier alpha value is -2.50. The summed E-state index contributed by atoms with van der Waals surface area (Å²) in [6.45, 7) is 4.61. The van der Waals surface area contributed by atoms with E-state index in [-0.39, 0.29) is 29.9 Å². The van der Waals surface area contributed by atoms with Crippen molar-refractivity contribution in [1.29, 1.82) is 0 Å². The van der Waals surface area contributed by atoms with E-state index in [0.29, 0.717) is 42.6 Å². The zero-order chi connectivity index (χ0) is 22.1. The molecule has 2 aromatic rings. The molecule has 0 spiro atoms. The minimum Gasteiger partial charge on any atom is -0.495 e. The second-order valence-corrected chi connectivity index (χ2v) is 6.46. The van der Waals surface area contributed by atoms with Crippen molar-refractivity contribution in [2.24, 2.45) is 4.99 Å². The first kappa shape index (κ1) is 26.5. The van der Waals surface area contributed by atoms with Gasteiger partial charge in [0.15, 0.2) is 5.96 Å². The monoisotopic (exact) mass is 550 g/mol. The standard InChI is InChI=1S/C21H25F3N4O2.HI/c1-4-25-20(26-12-15-5-8-17(9-6-15)21(22,23)24)27-13-16-7-10-19(30-3)18(11-16)28-14(2)29;/h5-11H,4,12-13H2,1-3H3,(H,28,29)(H2,25,26,27);1H. The Morgan fingerprint density at radius 1 is 1.06 bits per heavy atom. The highest BCUT2D eigenvalue weighted by atomic mass is 127. The normalized spacial score (nSPS) is 11.4. The number of nitrogens with one attached hydrogen (secondary N) is 3. The van der Waals surface area contributed by atoms with Gasteiger partial charge in [0.2, 0.25) is 5.91 Å². The Bertz CT molecular complexity index is 887. The van der Waals surface area contributed by atoms with Crippen LogP contribution in [0.15, 0.2) is 47.5 Å². The maximum absolute atomic E-state index is 12.7. The molecule has 6 nitrogen and oxygen atoms in total. The second-order valence-electron chi connectivity index (χ2n) is 6.46. The highest BCUT2D eigenvalue weighted by Gasteiger charge is 2.29. The van der Waals surface area contributed by atoms with Crippen molar-refractivity contribution in [3.05, 3.63) is 59.2 Å². The van der Waals surface area contributed by atoms with Crippen LogP contribution in [-0.2, 0) is 24.1 Å². The molecule has 0 bridgehead atoms. The fraction of sp³-hybridized carbons (Fsp3) is 0.333. The zero-order valence-electron chi connectivity index (χ0n) is 17.5. The molecule has 31 heavy (non-hydrogen) atoms. The summed E-state index contributed by atoms with van der Waals surface area (Å²) in [5.74, 6) is 0.861. The quantitative estimate of drug-likeness (QED) is 0.269. The van der Waals surface area contributed by atoms with Crippen molar-refractivity contribution in [2.45, 2.75) is 33.1 Å². The number of rotatable bonds is 7. The van der Waals surface area contributed by atoms with Crippen LogP contribution in [0.1, 0.15) is 30.5 Å². The maximum Gasteiger partial charge on any atom is 0.416 e. The molecular formula is C21H26F3IN4O2. The number of hydrogen-bond donors (Lipinski definition) is 3. The lowest BCUT2D eigenvalue weighted by Crippen LogP contribution is -2.36. The van der Waals surface area contributed by atoms with Crippen LogP contribution >= 0.6 is 24.0 Å². The van der Waals surface area contributed by atoms with E-state index in [9.17, 15) is 18.0 Å². The molecule has 3 N–H and O–H groups in total. The summed E-state index contributed by atoms with van der Waals surface area (Å²) < 4.78 is 43.2. The Morgan fingerprint density at radius 2 is 1.71 bits per heavy atom. The molecule has 2 aromatic carbocycles. The van der Waals surface area contributed by atoms with Crippen molar-refractivity contribution in [1.82, 2.24) is 10.6 Å². The van der Waals surface area contributed by atoms with Crippen LogP contribution in [0.3, 0.4) is 0 Å². The van der Waals surface area contributed by atoms with E-state index in [4.69, 9.17) is 4.74 Å². The number of guanidine groups is 1. The number of carbonyl (C=O) groups excluding carboxylic acids is 1. The number of anilines is 1. The lowest BCUT2D eigenvalue weighted by atomic mass is 10.1. The maximum atomic E-state index is 12.7. The predicted octanol–water partition coefficient (Wildman–Crippen LogP) is 4.55. The minimum atomic E-state index is -4.35. The number of halogens is 4. The molecule has 170 valence electrons. The van der Waals surface area contributed by atoms with Gasteiger partial charge in [0.25, 0.3) is 0 Å². The molecule has 0 saturated carbocycles. The number of ether oxygens (including phenoxy) is 1. The van der Waals surface area contributed by atoms with Crippen LogP contribution in [-0.4, -0.2) is 25.5 Å². The molecule has 2 rings (SSSR count). The average Bonchev–Trinajstić information content (AvgIpc) is 2.69. The van der Waals surface area contributed by atoms with Crippen molar-refractivity contribution >= 4 is 41.5 Å². The third-order valence-electron chi connectivity index (χ3n) is 4.08. The van der Waals surface area contributed by atoms with Crippen LogP contribution in [0, 0.1) is 0 Å².